The van der Waals surface area contributed by atoms with Gasteiger partial charge in [-0.1, -0.05) is 52.3 Å². The summed E-state index contributed by atoms with van der Waals surface area (Å²) < 4.78 is 16.3. The molecule has 3 rings (SSSR count). The summed E-state index contributed by atoms with van der Waals surface area (Å²) in [6.07, 6.45) is 1.84. The molecule has 120 valence electrons. The maximum absolute atomic E-state index is 13.9. The predicted molar refractivity (Wildman–Crippen MR) is 94.0 cm³/mol. The van der Waals surface area contributed by atoms with Crippen LogP contribution in [0.3, 0.4) is 0 Å². The number of carbonyl (C=O) groups is 1. The number of aromatic nitrogens is 1. The quantitative estimate of drug-likeness (QED) is 0.666. The lowest BCUT2D eigenvalue weighted by Crippen LogP contribution is -2.22. The molecule has 2 aromatic carbocycles. The molecule has 0 fully saturated rings. The van der Waals surface area contributed by atoms with Gasteiger partial charge < -0.3 is 4.57 Å². The summed E-state index contributed by atoms with van der Waals surface area (Å²) >= 11 is 3.24. The molecule has 0 radical (unpaired) electrons. The largest absolute Gasteiger partial charge is 0.328 e. The van der Waals surface area contributed by atoms with Crippen molar-refractivity contribution in [3.05, 3.63) is 99.8 Å². The van der Waals surface area contributed by atoms with Crippen molar-refractivity contribution >= 4 is 21.8 Å². The van der Waals surface area contributed by atoms with Crippen LogP contribution in [-0.4, -0.2) is 10.5 Å². The monoisotopic (exact) mass is 384 g/mol. The predicted octanol–water partition coefficient (Wildman–Crippen LogP) is 4.18. The average Bonchev–Trinajstić information content (AvgIpc) is 2.59. The Bertz CT molecular complexity index is 935. The third-order valence-corrected chi connectivity index (χ3v) is 3.98. The molecule has 0 saturated carbocycles. The van der Waals surface area contributed by atoms with E-state index in [9.17, 15) is 9.18 Å². The average molecular weight is 385 g/mol. The Hall–Kier alpha value is -2.53. The highest BCUT2D eigenvalue weighted by Gasteiger charge is 2.11. The molecule has 3 nitrogen and oxygen atoms in total. The summed E-state index contributed by atoms with van der Waals surface area (Å²) in [6.45, 7) is 0.578. The van der Waals surface area contributed by atoms with Crippen molar-refractivity contribution < 1.29 is 9.18 Å². The number of carbonyl (C=O) groups excluding carboxylic acids is 1. The number of amides is 1. The number of rotatable bonds is 3. The van der Waals surface area contributed by atoms with E-state index < -0.39 is 11.7 Å². The lowest BCUT2D eigenvalue weighted by Gasteiger charge is -2.07. The topological polar surface area (TPSA) is 34.4 Å². The molecule has 0 atom stereocenters. The van der Waals surface area contributed by atoms with Crippen LogP contribution >= 0.6 is 15.9 Å². The molecule has 0 aliphatic carbocycles. The highest BCUT2D eigenvalue weighted by Crippen LogP contribution is 2.16. The SMILES string of the molecule is O=C(N=c1ccccn1Cc1ccccc1)c1cc(Br)ccc1F. The summed E-state index contributed by atoms with van der Waals surface area (Å²) in [6, 6.07) is 19.5. The Labute approximate surface area is 147 Å². The second-order valence-corrected chi connectivity index (χ2v) is 6.13. The van der Waals surface area contributed by atoms with Crippen LogP contribution in [0.25, 0.3) is 0 Å². The number of hydrogen-bond donors (Lipinski definition) is 0. The molecule has 0 unspecified atom stereocenters. The van der Waals surface area contributed by atoms with Gasteiger partial charge in [-0.25, -0.2) is 4.39 Å². The van der Waals surface area contributed by atoms with Gasteiger partial charge >= 0.3 is 0 Å². The van der Waals surface area contributed by atoms with Crippen LogP contribution in [0.4, 0.5) is 4.39 Å². The van der Waals surface area contributed by atoms with Gasteiger partial charge in [0.1, 0.15) is 11.3 Å². The van der Waals surface area contributed by atoms with E-state index in [4.69, 9.17) is 0 Å². The lowest BCUT2D eigenvalue weighted by atomic mass is 10.2. The van der Waals surface area contributed by atoms with Crippen molar-refractivity contribution in [1.29, 1.82) is 0 Å². The maximum Gasteiger partial charge on any atom is 0.281 e. The zero-order valence-corrected chi connectivity index (χ0v) is 14.3. The molecule has 0 aliphatic heterocycles. The Morgan fingerprint density at radius 1 is 1.04 bits per heavy atom. The molecule has 5 heteroatoms. The third-order valence-electron chi connectivity index (χ3n) is 3.49. The molecule has 3 aromatic rings. The fourth-order valence-electron chi connectivity index (χ4n) is 2.31. The number of nitrogens with zero attached hydrogens (tertiary/aromatic N) is 2. The summed E-state index contributed by atoms with van der Waals surface area (Å²) in [5, 5.41) is 0. The van der Waals surface area contributed by atoms with Crippen molar-refractivity contribution in [3.8, 4) is 0 Å². The van der Waals surface area contributed by atoms with Gasteiger partial charge in [0.05, 0.1) is 5.56 Å². The van der Waals surface area contributed by atoms with E-state index >= 15 is 0 Å². The van der Waals surface area contributed by atoms with Crippen LogP contribution in [-0.2, 0) is 6.54 Å². The minimum Gasteiger partial charge on any atom is -0.328 e. The van der Waals surface area contributed by atoms with Crippen molar-refractivity contribution in [2.75, 3.05) is 0 Å². The van der Waals surface area contributed by atoms with Gasteiger partial charge in [0.25, 0.3) is 5.91 Å². The third kappa shape index (κ3) is 3.86. The summed E-state index contributed by atoms with van der Waals surface area (Å²) in [7, 11) is 0. The first-order chi connectivity index (χ1) is 11.6. The molecule has 1 heterocycles. The molecular weight excluding hydrogens is 371 g/mol. The first-order valence-corrected chi connectivity index (χ1v) is 8.16. The van der Waals surface area contributed by atoms with Crippen LogP contribution in [0.2, 0.25) is 0 Å². The highest BCUT2D eigenvalue weighted by molar-refractivity contribution is 9.10. The first-order valence-electron chi connectivity index (χ1n) is 7.37. The Morgan fingerprint density at radius 2 is 1.79 bits per heavy atom. The van der Waals surface area contributed by atoms with Crippen LogP contribution in [0.15, 0.2) is 82.4 Å². The van der Waals surface area contributed by atoms with E-state index in [1.165, 1.54) is 12.1 Å². The molecule has 1 amide bonds. The fourth-order valence-corrected chi connectivity index (χ4v) is 2.67. The van der Waals surface area contributed by atoms with Crippen LogP contribution in [0, 0.1) is 5.82 Å². The molecular formula is C19H14BrFN2O. The fraction of sp³-hybridized carbons (Fsp3) is 0.0526. The van der Waals surface area contributed by atoms with E-state index in [-0.39, 0.29) is 5.56 Å². The summed E-state index contributed by atoms with van der Waals surface area (Å²) in [5.41, 5.74) is 1.51. The molecule has 0 aliphatic rings. The second kappa shape index (κ2) is 7.36. The Morgan fingerprint density at radius 3 is 2.58 bits per heavy atom. The van der Waals surface area contributed by atoms with E-state index in [0.717, 1.165) is 5.56 Å². The first kappa shape index (κ1) is 16.3. The normalized spacial score (nSPS) is 11.5. The van der Waals surface area contributed by atoms with Gasteiger partial charge in [-0.05, 0) is 35.9 Å². The molecule has 0 saturated heterocycles. The summed E-state index contributed by atoms with van der Waals surface area (Å²) in [4.78, 5) is 16.4. The Kier molecular flexibility index (Phi) is 5.01. The Balaban J connectivity index is 1.98. The minimum absolute atomic E-state index is 0.0560. The van der Waals surface area contributed by atoms with Gasteiger partial charge in [0.2, 0.25) is 0 Å². The zero-order chi connectivity index (χ0) is 16.9. The number of pyridine rings is 1. The van der Waals surface area contributed by atoms with Crippen molar-refractivity contribution in [2.24, 2.45) is 4.99 Å². The molecule has 0 N–H and O–H groups in total. The zero-order valence-electron chi connectivity index (χ0n) is 12.7. The van der Waals surface area contributed by atoms with Crippen molar-refractivity contribution in [2.45, 2.75) is 6.54 Å². The van der Waals surface area contributed by atoms with Crippen molar-refractivity contribution in [3.63, 3.8) is 0 Å². The van der Waals surface area contributed by atoms with Crippen molar-refractivity contribution in [1.82, 2.24) is 4.57 Å². The van der Waals surface area contributed by atoms with Crippen LogP contribution in [0.1, 0.15) is 15.9 Å². The highest BCUT2D eigenvalue weighted by atomic mass is 79.9. The van der Waals surface area contributed by atoms with E-state index in [1.54, 1.807) is 18.2 Å². The lowest BCUT2D eigenvalue weighted by molar-refractivity contribution is 0.0993. The summed E-state index contributed by atoms with van der Waals surface area (Å²) in [5.74, 6) is -1.20. The van der Waals surface area contributed by atoms with E-state index in [0.29, 0.717) is 16.5 Å². The van der Waals surface area contributed by atoms with Gasteiger partial charge in [0.15, 0.2) is 0 Å². The van der Waals surface area contributed by atoms with Crippen LogP contribution in [0.5, 0.6) is 0 Å². The minimum atomic E-state index is -0.609. The molecule has 0 spiro atoms. The smallest absolute Gasteiger partial charge is 0.281 e. The van der Waals surface area contributed by atoms with Gasteiger partial charge in [-0.15, -0.1) is 0 Å². The molecule has 1 aromatic heterocycles. The van der Waals surface area contributed by atoms with E-state index in [2.05, 4.69) is 20.9 Å². The standard InChI is InChI=1S/C19H14BrFN2O/c20-15-9-10-17(21)16(12-15)19(24)22-18-8-4-5-11-23(18)13-14-6-2-1-3-7-14/h1-12H,13H2. The van der Waals surface area contributed by atoms with Gasteiger partial charge in [-0.3, -0.25) is 4.79 Å². The van der Waals surface area contributed by atoms with Crippen LogP contribution < -0.4 is 5.49 Å². The van der Waals surface area contributed by atoms with E-state index in [1.807, 2.05) is 47.2 Å². The van der Waals surface area contributed by atoms with Gasteiger partial charge in [0, 0.05) is 17.2 Å². The number of benzene rings is 2. The second-order valence-electron chi connectivity index (χ2n) is 5.21. The number of halogens is 2. The molecule has 0 bridgehead atoms. The van der Waals surface area contributed by atoms with Gasteiger partial charge in [-0.2, -0.15) is 4.99 Å². The molecule has 24 heavy (non-hydrogen) atoms. The maximum atomic E-state index is 13.9. The number of hydrogen-bond acceptors (Lipinski definition) is 1.